The predicted molar refractivity (Wildman–Crippen MR) is 133 cm³/mol. The van der Waals surface area contributed by atoms with Crippen LogP contribution in [0.4, 0.5) is 5.00 Å². The van der Waals surface area contributed by atoms with Gasteiger partial charge in [-0.05, 0) is 48.1 Å². The number of rotatable bonds is 5. The van der Waals surface area contributed by atoms with Crippen LogP contribution in [0.5, 0.6) is 0 Å². The molecule has 0 spiro atoms. The normalized spacial score (nSPS) is 14.9. The molecule has 3 rings (SSSR count). The van der Waals surface area contributed by atoms with Gasteiger partial charge in [-0.3, -0.25) is 9.79 Å². The van der Waals surface area contributed by atoms with Crippen LogP contribution in [0.25, 0.3) is 0 Å². The first-order valence-electron chi connectivity index (χ1n) is 9.63. The van der Waals surface area contributed by atoms with Gasteiger partial charge in [0.25, 0.3) is 5.91 Å². The van der Waals surface area contributed by atoms with Gasteiger partial charge in [0.15, 0.2) is 5.96 Å². The first kappa shape index (κ1) is 23.5. The maximum absolute atomic E-state index is 12.0. The molecule has 1 aliphatic heterocycles. The second kappa shape index (κ2) is 11.4. The van der Waals surface area contributed by atoms with Crippen molar-refractivity contribution in [3.63, 3.8) is 0 Å². The monoisotopic (exact) mass is 527 g/mol. The second-order valence-corrected chi connectivity index (χ2v) is 8.11. The number of hydrogen-bond acceptors (Lipinski definition) is 4. The number of nitrogens with one attached hydrogen (secondary N) is 2. The summed E-state index contributed by atoms with van der Waals surface area (Å²) in [4.78, 5) is 20.4. The van der Waals surface area contributed by atoms with Crippen molar-refractivity contribution in [2.75, 3.05) is 39.1 Å². The average Bonchev–Trinajstić information content (AvgIpc) is 3.26. The molecule has 8 heteroatoms. The van der Waals surface area contributed by atoms with Gasteiger partial charge in [0, 0.05) is 52.4 Å². The van der Waals surface area contributed by atoms with E-state index >= 15 is 0 Å². The molecule has 1 aromatic carbocycles. The van der Waals surface area contributed by atoms with Gasteiger partial charge in [-0.1, -0.05) is 12.1 Å². The largest absolute Gasteiger partial charge is 0.363 e. The molecule has 2 N–H and O–H groups in total. The van der Waals surface area contributed by atoms with Crippen molar-refractivity contribution in [3.8, 4) is 0 Å². The number of halogens is 1. The van der Waals surface area contributed by atoms with Gasteiger partial charge in [0.05, 0.1) is 5.00 Å². The highest BCUT2D eigenvalue weighted by atomic mass is 127. The Morgan fingerprint density at radius 1 is 1.21 bits per heavy atom. The lowest BCUT2D eigenvalue weighted by molar-refractivity contribution is 0.0827. The summed E-state index contributed by atoms with van der Waals surface area (Å²) >= 11 is 1.80. The number of carbonyl (C=O) groups is 1. The smallest absolute Gasteiger partial charge is 0.253 e. The molecule has 1 aliphatic rings. The van der Waals surface area contributed by atoms with Gasteiger partial charge in [0.2, 0.25) is 0 Å². The fraction of sp³-hybridized carbons (Fsp3) is 0.429. The van der Waals surface area contributed by atoms with E-state index in [1.54, 1.807) is 37.4 Å². The number of benzene rings is 1. The number of hydrogen-bond donors (Lipinski definition) is 2. The van der Waals surface area contributed by atoms with Gasteiger partial charge in [-0.15, -0.1) is 35.3 Å². The van der Waals surface area contributed by atoms with E-state index in [-0.39, 0.29) is 29.9 Å². The summed E-state index contributed by atoms with van der Waals surface area (Å²) < 4.78 is 0. The highest BCUT2D eigenvalue weighted by molar-refractivity contribution is 14.0. The lowest BCUT2D eigenvalue weighted by atomic mass is 10.1. The van der Waals surface area contributed by atoms with Crippen LogP contribution in [0.15, 0.2) is 46.8 Å². The molecule has 158 valence electrons. The number of carbonyl (C=O) groups excluding carboxylic acids is 1. The maximum Gasteiger partial charge on any atom is 0.253 e. The van der Waals surface area contributed by atoms with Crippen LogP contribution >= 0.6 is 35.3 Å². The van der Waals surface area contributed by atoms with E-state index in [2.05, 4.69) is 38.0 Å². The van der Waals surface area contributed by atoms with E-state index in [0.717, 1.165) is 37.5 Å². The average molecular weight is 527 g/mol. The van der Waals surface area contributed by atoms with Crippen LogP contribution < -0.4 is 15.5 Å². The van der Waals surface area contributed by atoms with Crippen molar-refractivity contribution in [3.05, 3.63) is 52.9 Å². The number of nitrogens with zero attached hydrogens (tertiary/aromatic N) is 3. The third-order valence-electron chi connectivity index (χ3n) is 4.94. The number of anilines is 1. The highest BCUT2D eigenvalue weighted by Crippen LogP contribution is 2.24. The Hall–Kier alpha value is -1.81. The molecule has 1 fully saturated rings. The molecule has 2 heterocycles. The summed E-state index contributed by atoms with van der Waals surface area (Å²) in [5, 5.41) is 10.4. The Kier molecular flexibility index (Phi) is 9.22. The standard InChI is InChI=1S/C21H29N5OS.HI/c1-22-21(23-15-16-6-8-17(9-7-16)20(27)25(2)3)24-18-10-12-26(13-11-18)19-5-4-14-28-19;/h4-9,14,18H,10-13,15H2,1-3H3,(H2,22,23,24);1H. The van der Waals surface area contributed by atoms with Crippen molar-refractivity contribution in [1.82, 2.24) is 15.5 Å². The van der Waals surface area contributed by atoms with Crippen molar-refractivity contribution in [1.29, 1.82) is 0 Å². The lowest BCUT2D eigenvalue weighted by Gasteiger charge is -2.33. The summed E-state index contributed by atoms with van der Waals surface area (Å²) in [6.07, 6.45) is 2.19. The van der Waals surface area contributed by atoms with Crippen LogP contribution in [0, 0.1) is 0 Å². The van der Waals surface area contributed by atoms with E-state index in [9.17, 15) is 4.79 Å². The molecule has 0 aliphatic carbocycles. The maximum atomic E-state index is 12.0. The Labute approximate surface area is 194 Å². The molecule has 0 saturated carbocycles. The first-order chi connectivity index (χ1) is 13.6. The van der Waals surface area contributed by atoms with E-state index in [0.29, 0.717) is 18.2 Å². The summed E-state index contributed by atoms with van der Waals surface area (Å²) in [5.74, 6) is 0.842. The van der Waals surface area contributed by atoms with Crippen LogP contribution in [-0.4, -0.2) is 57.0 Å². The zero-order valence-corrected chi connectivity index (χ0v) is 20.4. The SMILES string of the molecule is CN=C(NCc1ccc(C(=O)N(C)C)cc1)NC1CCN(c2cccs2)CC1.I. The molecular formula is C21H30IN5OS. The Morgan fingerprint density at radius 3 is 2.45 bits per heavy atom. The Morgan fingerprint density at radius 2 is 1.90 bits per heavy atom. The lowest BCUT2D eigenvalue weighted by Crippen LogP contribution is -2.48. The van der Waals surface area contributed by atoms with Crippen molar-refractivity contribution in [2.45, 2.75) is 25.4 Å². The third kappa shape index (κ3) is 6.60. The van der Waals surface area contributed by atoms with Crippen LogP contribution in [0.3, 0.4) is 0 Å². The number of piperidine rings is 1. The van der Waals surface area contributed by atoms with Crippen molar-refractivity contribution < 1.29 is 4.79 Å². The molecule has 1 saturated heterocycles. The molecule has 29 heavy (non-hydrogen) atoms. The quantitative estimate of drug-likeness (QED) is 0.356. The predicted octanol–water partition coefficient (Wildman–Crippen LogP) is 3.40. The topological polar surface area (TPSA) is 60.0 Å². The minimum atomic E-state index is 0. The van der Waals surface area contributed by atoms with Crippen LogP contribution in [0.1, 0.15) is 28.8 Å². The summed E-state index contributed by atoms with van der Waals surface area (Å²) in [7, 11) is 5.33. The molecule has 0 unspecified atom stereocenters. The van der Waals surface area contributed by atoms with E-state index in [1.807, 2.05) is 24.3 Å². The van der Waals surface area contributed by atoms with Gasteiger partial charge < -0.3 is 20.4 Å². The van der Waals surface area contributed by atoms with E-state index in [4.69, 9.17) is 0 Å². The van der Waals surface area contributed by atoms with Crippen LogP contribution in [-0.2, 0) is 6.54 Å². The molecule has 0 radical (unpaired) electrons. The minimum absolute atomic E-state index is 0. The Balaban J connectivity index is 0.00000300. The van der Waals surface area contributed by atoms with Crippen molar-refractivity contribution >= 4 is 52.2 Å². The highest BCUT2D eigenvalue weighted by Gasteiger charge is 2.20. The minimum Gasteiger partial charge on any atom is -0.363 e. The van der Waals surface area contributed by atoms with Gasteiger partial charge in [-0.2, -0.15) is 0 Å². The fourth-order valence-electron chi connectivity index (χ4n) is 3.29. The van der Waals surface area contributed by atoms with E-state index in [1.165, 1.54) is 5.00 Å². The van der Waals surface area contributed by atoms with E-state index < -0.39 is 0 Å². The summed E-state index contributed by atoms with van der Waals surface area (Å²) in [6.45, 7) is 2.80. The van der Waals surface area contributed by atoms with Gasteiger partial charge >= 0.3 is 0 Å². The summed E-state index contributed by atoms with van der Waals surface area (Å²) in [6, 6.07) is 12.4. The Bertz CT molecular complexity index is 784. The summed E-state index contributed by atoms with van der Waals surface area (Å²) in [5.41, 5.74) is 1.82. The zero-order chi connectivity index (χ0) is 19.9. The van der Waals surface area contributed by atoms with Gasteiger partial charge in [-0.25, -0.2) is 0 Å². The molecule has 6 nitrogen and oxygen atoms in total. The molecule has 0 atom stereocenters. The molecule has 1 aromatic heterocycles. The second-order valence-electron chi connectivity index (χ2n) is 7.18. The number of thiophene rings is 1. The van der Waals surface area contributed by atoms with Crippen molar-refractivity contribution in [2.24, 2.45) is 4.99 Å². The van der Waals surface area contributed by atoms with Gasteiger partial charge in [0.1, 0.15) is 0 Å². The molecule has 2 aromatic rings. The first-order valence-corrected chi connectivity index (χ1v) is 10.5. The fourth-order valence-corrected chi connectivity index (χ4v) is 4.08. The van der Waals surface area contributed by atoms with Crippen LogP contribution in [0.2, 0.25) is 0 Å². The number of guanidine groups is 1. The molecule has 0 bridgehead atoms. The molecular weight excluding hydrogens is 497 g/mol. The zero-order valence-electron chi connectivity index (χ0n) is 17.2. The third-order valence-corrected chi connectivity index (χ3v) is 5.87. The number of aliphatic imine (C=N–C) groups is 1. The molecule has 1 amide bonds. The number of amides is 1.